The molecular weight excluding hydrogens is 356 g/mol. The Kier molecular flexibility index (Phi) is 5.51. The summed E-state index contributed by atoms with van der Waals surface area (Å²) in [5.41, 5.74) is 1.73. The van der Waals surface area contributed by atoms with E-state index in [1.54, 1.807) is 19.2 Å². The van der Waals surface area contributed by atoms with Crippen LogP contribution < -0.4 is 9.47 Å². The highest BCUT2D eigenvalue weighted by molar-refractivity contribution is 9.10. The maximum Gasteiger partial charge on any atom is 0.179 e. The lowest BCUT2D eigenvalue weighted by Crippen LogP contribution is -2.03. The van der Waals surface area contributed by atoms with Crippen LogP contribution >= 0.6 is 27.5 Å². The van der Waals surface area contributed by atoms with Crippen molar-refractivity contribution in [2.45, 2.75) is 12.5 Å². The number of rotatable bonds is 5. The lowest BCUT2D eigenvalue weighted by atomic mass is 10.0. The van der Waals surface area contributed by atoms with E-state index in [9.17, 15) is 5.11 Å². The molecule has 0 fully saturated rings. The molecule has 1 atom stereocenters. The molecule has 2 aromatic carbocycles. The van der Waals surface area contributed by atoms with Gasteiger partial charge in [0.05, 0.1) is 25.3 Å². The number of ether oxygens (including phenoxy) is 2. The third-order valence-electron chi connectivity index (χ3n) is 3.18. The number of hydrogen-bond donors (Lipinski definition) is 1. The van der Waals surface area contributed by atoms with Gasteiger partial charge in [0.25, 0.3) is 0 Å². The van der Waals surface area contributed by atoms with Crippen molar-refractivity contribution >= 4 is 27.5 Å². The zero-order chi connectivity index (χ0) is 15.4. The molecular formula is C16H16BrClO3. The quantitative estimate of drug-likeness (QED) is 0.847. The van der Waals surface area contributed by atoms with Crippen molar-refractivity contribution in [3.05, 3.63) is 57.0 Å². The van der Waals surface area contributed by atoms with Crippen LogP contribution in [-0.4, -0.2) is 19.3 Å². The van der Waals surface area contributed by atoms with Crippen LogP contribution in [0.5, 0.6) is 11.5 Å². The summed E-state index contributed by atoms with van der Waals surface area (Å²) in [7, 11) is 3.07. The van der Waals surface area contributed by atoms with E-state index in [4.69, 9.17) is 21.1 Å². The van der Waals surface area contributed by atoms with Crippen LogP contribution in [0.1, 0.15) is 17.2 Å². The van der Waals surface area contributed by atoms with Crippen molar-refractivity contribution in [2.24, 2.45) is 0 Å². The monoisotopic (exact) mass is 370 g/mol. The van der Waals surface area contributed by atoms with Gasteiger partial charge < -0.3 is 14.6 Å². The number of halogens is 2. The molecule has 0 bridgehead atoms. The van der Waals surface area contributed by atoms with Crippen LogP contribution in [0.15, 0.2) is 40.9 Å². The first kappa shape index (κ1) is 16.1. The SMILES string of the molecule is COc1cc(C(O)Cc2ccc(Br)cc2)cc(Cl)c1OC. The van der Waals surface area contributed by atoms with Crippen molar-refractivity contribution in [3.63, 3.8) is 0 Å². The topological polar surface area (TPSA) is 38.7 Å². The van der Waals surface area contributed by atoms with E-state index in [0.29, 0.717) is 28.5 Å². The minimum absolute atomic E-state index is 0.418. The molecule has 1 N–H and O–H groups in total. The largest absolute Gasteiger partial charge is 0.493 e. The summed E-state index contributed by atoms with van der Waals surface area (Å²) < 4.78 is 11.4. The summed E-state index contributed by atoms with van der Waals surface area (Å²) in [5, 5.41) is 10.8. The second-order valence-electron chi connectivity index (χ2n) is 4.58. The first-order chi connectivity index (χ1) is 10.0. The van der Waals surface area contributed by atoms with Crippen LogP contribution in [0, 0.1) is 0 Å². The number of aliphatic hydroxyl groups is 1. The normalized spacial score (nSPS) is 12.0. The molecule has 5 heteroatoms. The summed E-state index contributed by atoms with van der Waals surface area (Å²) in [4.78, 5) is 0. The van der Waals surface area contributed by atoms with Gasteiger partial charge in [0, 0.05) is 10.9 Å². The van der Waals surface area contributed by atoms with Crippen molar-refractivity contribution in [3.8, 4) is 11.5 Å². The third kappa shape index (κ3) is 3.90. The molecule has 0 aliphatic rings. The fourth-order valence-corrected chi connectivity index (χ4v) is 2.65. The van der Waals surface area contributed by atoms with Crippen molar-refractivity contribution < 1.29 is 14.6 Å². The first-order valence-corrected chi connectivity index (χ1v) is 7.56. The van der Waals surface area contributed by atoms with Gasteiger partial charge in [-0.05, 0) is 35.4 Å². The summed E-state index contributed by atoms with van der Waals surface area (Å²) in [6.45, 7) is 0. The maximum atomic E-state index is 10.4. The number of hydrogen-bond acceptors (Lipinski definition) is 3. The minimum Gasteiger partial charge on any atom is -0.493 e. The van der Waals surface area contributed by atoms with Gasteiger partial charge in [-0.15, -0.1) is 0 Å². The summed E-state index contributed by atoms with van der Waals surface area (Å²) in [6.07, 6.45) is -0.164. The molecule has 0 aromatic heterocycles. The molecule has 112 valence electrons. The molecule has 2 rings (SSSR count). The minimum atomic E-state index is -0.663. The molecule has 0 radical (unpaired) electrons. The predicted octanol–water partition coefficient (Wildman–Crippen LogP) is 4.40. The highest BCUT2D eigenvalue weighted by Crippen LogP contribution is 2.38. The van der Waals surface area contributed by atoms with Crippen molar-refractivity contribution in [1.82, 2.24) is 0 Å². The van der Waals surface area contributed by atoms with Gasteiger partial charge in [0.15, 0.2) is 11.5 Å². The maximum absolute atomic E-state index is 10.4. The fourth-order valence-electron chi connectivity index (χ4n) is 2.09. The Morgan fingerprint density at radius 2 is 1.81 bits per heavy atom. The van der Waals surface area contributed by atoms with Crippen LogP contribution in [0.2, 0.25) is 5.02 Å². The number of benzene rings is 2. The Balaban J connectivity index is 2.24. The number of aliphatic hydroxyl groups excluding tert-OH is 1. The average Bonchev–Trinajstić information content (AvgIpc) is 2.48. The predicted molar refractivity (Wildman–Crippen MR) is 87.4 cm³/mol. The first-order valence-electron chi connectivity index (χ1n) is 6.39. The van der Waals surface area contributed by atoms with Crippen molar-refractivity contribution in [2.75, 3.05) is 14.2 Å². The van der Waals surface area contributed by atoms with Gasteiger partial charge >= 0.3 is 0 Å². The van der Waals surface area contributed by atoms with Crippen molar-refractivity contribution in [1.29, 1.82) is 0 Å². The third-order valence-corrected chi connectivity index (χ3v) is 3.99. The van der Waals surface area contributed by atoms with E-state index >= 15 is 0 Å². The Labute approximate surface area is 137 Å². The molecule has 0 heterocycles. The Morgan fingerprint density at radius 3 is 2.38 bits per heavy atom. The van der Waals surface area contributed by atoms with E-state index < -0.39 is 6.10 Å². The molecule has 0 saturated heterocycles. The smallest absolute Gasteiger partial charge is 0.179 e. The summed E-state index contributed by atoms with van der Waals surface area (Å²) in [6, 6.07) is 11.3. The van der Waals surface area contributed by atoms with E-state index in [2.05, 4.69) is 15.9 Å². The second-order valence-corrected chi connectivity index (χ2v) is 5.91. The van der Waals surface area contributed by atoms with Gasteiger partial charge in [0.2, 0.25) is 0 Å². The van der Waals surface area contributed by atoms with Gasteiger partial charge in [-0.25, -0.2) is 0 Å². The standard InChI is InChI=1S/C16H16BrClO3/c1-20-15-9-11(8-13(18)16(15)21-2)14(19)7-10-3-5-12(17)6-4-10/h3-6,8-9,14,19H,7H2,1-2H3. The molecule has 3 nitrogen and oxygen atoms in total. The van der Waals surface area contributed by atoms with E-state index in [1.807, 2.05) is 24.3 Å². The molecule has 0 saturated carbocycles. The molecule has 0 amide bonds. The summed E-state index contributed by atoms with van der Waals surface area (Å²) >= 11 is 9.55. The molecule has 1 unspecified atom stereocenters. The second kappa shape index (κ2) is 7.16. The molecule has 0 aliphatic carbocycles. The molecule has 0 spiro atoms. The van der Waals surface area contributed by atoms with Crippen LogP contribution in [0.25, 0.3) is 0 Å². The number of methoxy groups -OCH3 is 2. The van der Waals surface area contributed by atoms with E-state index in [1.165, 1.54) is 7.11 Å². The Morgan fingerprint density at radius 1 is 1.14 bits per heavy atom. The van der Waals surface area contributed by atoms with E-state index in [0.717, 1.165) is 10.0 Å². The van der Waals surface area contributed by atoms with Crippen LogP contribution in [0.3, 0.4) is 0 Å². The average molecular weight is 372 g/mol. The highest BCUT2D eigenvalue weighted by Gasteiger charge is 2.16. The lowest BCUT2D eigenvalue weighted by Gasteiger charge is -2.15. The van der Waals surface area contributed by atoms with Gasteiger partial charge in [-0.2, -0.15) is 0 Å². The summed E-state index contributed by atoms with van der Waals surface area (Å²) in [5.74, 6) is 0.980. The highest BCUT2D eigenvalue weighted by atomic mass is 79.9. The zero-order valence-electron chi connectivity index (χ0n) is 11.8. The Hall–Kier alpha value is -1.23. The molecule has 2 aromatic rings. The molecule has 21 heavy (non-hydrogen) atoms. The van der Waals surface area contributed by atoms with Gasteiger partial charge in [-0.1, -0.05) is 39.7 Å². The van der Waals surface area contributed by atoms with Gasteiger partial charge in [0.1, 0.15) is 0 Å². The molecule has 0 aliphatic heterocycles. The Bertz CT molecular complexity index is 614. The van der Waals surface area contributed by atoms with Gasteiger partial charge in [-0.3, -0.25) is 0 Å². The zero-order valence-corrected chi connectivity index (χ0v) is 14.1. The fraction of sp³-hybridized carbons (Fsp3) is 0.250. The van der Waals surface area contributed by atoms with Crippen LogP contribution in [0.4, 0.5) is 0 Å². The van der Waals surface area contributed by atoms with E-state index in [-0.39, 0.29) is 0 Å². The lowest BCUT2D eigenvalue weighted by molar-refractivity contribution is 0.178. The van der Waals surface area contributed by atoms with Crippen LogP contribution in [-0.2, 0) is 6.42 Å².